The summed E-state index contributed by atoms with van der Waals surface area (Å²) in [6, 6.07) is 12.9. The lowest BCUT2D eigenvalue weighted by Gasteiger charge is -2.12. The molecule has 138 valence electrons. The number of hydrogen-bond acceptors (Lipinski definition) is 3. The molecule has 0 atom stereocenters. The van der Waals surface area contributed by atoms with Crippen LogP contribution in [0.3, 0.4) is 0 Å². The van der Waals surface area contributed by atoms with Gasteiger partial charge in [0, 0.05) is 11.1 Å². The quantitative estimate of drug-likeness (QED) is 0.339. The highest BCUT2D eigenvalue weighted by Gasteiger charge is 2.14. The van der Waals surface area contributed by atoms with Gasteiger partial charge in [0.1, 0.15) is 0 Å². The fourth-order valence-corrected chi connectivity index (χ4v) is 3.26. The number of nitrogens with zero attached hydrogens (tertiary/aromatic N) is 3. The van der Waals surface area contributed by atoms with Gasteiger partial charge in [-0.15, -0.1) is 0 Å². The summed E-state index contributed by atoms with van der Waals surface area (Å²) in [5.74, 6) is 0.528. The lowest BCUT2D eigenvalue weighted by molar-refractivity contribution is 1.07. The Labute approximate surface area is 183 Å². The molecule has 29 heavy (non-hydrogen) atoms. The van der Waals surface area contributed by atoms with Gasteiger partial charge in [0.25, 0.3) is 0 Å². The van der Waals surface area contributed by atoms with E-state index in [4.69, 9.17) is 21.2 Å². The van der Waals surface area contributed by atoms with Gasteiger partial charge in [-0.25, -0.2) is 4.98 Å². The van der Waals surface area contributed by atoms with E-state index in [1.165, 1.54) is 0 Å². The average Bonchev–Trinajstić information content (AvgIpc) is 2.89. The lowest BCUT2D eigenvalue weighted by Crippen LogP contribution is -1.98. The van der Waals surface area contributed by atoms with Crippen molar-refractivity contribution in [2.75, 3.05) is 0 Å². The van der Waals surface area contributed by atoms with Gasteiger partial charge in [-0.1, -0.05) is 96.9 Å². The zero-order chi connectivity index (χ0) is 25.7. The molecule has 0 bridgehead atoms. The Kier molecular flexibility index (Phi) is 2.94. The van der Waals surface area contributed by atoms with Gasteiger partial charge in [0.2, 0.25) is 5.28 Å². The van der Waals surface area contributed by atoms with Crippen molar-refractivity contribution in [3.8, 4) is 33.9 Å². The van der Waals surface area contributed by atoms with Crippen LogP contribution in [0.5, 0.6) is 0 Å². The van der Waals surface area contributed by atoms with E-state index < -0.39 is 36.3 Å². The number of hydrogen-bond donors (Lipinski definition) is 0. The van der Waals surface area contributed by atoms with Gasteiger partial charge in [0.15, 0.2) is 11.6 Å². The first-order chi connectivity index (χ1) is 17.2. The first kappa shape index (κ1) is 11.4. The van der Waals surface area contributed by atoms with Gasteiger partial charge >= 0.3 is 0 Å². The molecule has 4 aromatic carbocycles. The molecule has 0 aliphatic carbocycles. The van der Waals surface area contributed by atoms with E-state index in [0.717, 1.165) is 0 Å². The van der Waals surface area contributed by atoms with Crippen molar-refractivity contribution in [3.05, 3.63) is 102 Å². The zero-order valence-corrected chi connectivity index (χ0v) is 15.7. The highest BCUT2D eigenvalue weighted by atomic mass is 35.5. The van der Waals surface area contributed by atoms with Crippen LogP contribution >= 0.6 is 11.6 Å². The van der Waals surface area contributed by atoms with E-state index in [-0.39, 0.29) is 33.5 Å². The van der Waals surface area contributed by atoms with Crippen molar-refractivity contribution in [3.63, 3.8) is 0 Å². The molecule has 5 aromatic rings. The van der Waals surface area contributed by atoms with Gasteiger partial charge < -0.3 is 0 Å². The smallest absolute Gasteiger partial charge is 0.208 e. The van der Waals surface area contributed by atoms with Crippen LogP contribution in [0.25, 0.3) is 44.7 Å². The Hall–Kier alpha value is -3.56. The molecule has 0 aliphatic heterocycles. The van der Waals surface area contributed by atoms with Crippen molar-refractivity contribution in [2.45, 2.75) is 0 Å². The fourth-order valence-electron chi connectivity index (χ4n) is 3.10. The van der Waals surface area contributed by atoms with Gasteiger partial charge in [-0.2, -0.15) is 9.97 Å². The maximum atomic E-state index is 8.69. The molecule has 0 amide bonds. The SMILES string of the molecule is [2H]c1c([2H])c([2H])c2c(-c3ccccc3-c3nc(Cl)nc(-c4ccccc4)n3)c([2H])c([2H])c([2H])c2c1[2H]. The fraction of sp³-hybridized carbons (Fsp3) is 0. The molecule has 1 heterocycles. The minimum Gasteiger partial charge on any atom is -0.208 e. The molecule has 0 radical (unpaired) electrons. The summed E-state index contributed by atoms with van der Waals surface area (Å²) in [5, 5.41) is -0.178. The van der Waals surface area contributed by atoms with E-state index in [2.05, 4.69) is 15.0 Å². The molecule has 0 N–H and O–H groups in total. The number of rotatable bonds is 3. The summed E-state index contributed by atoms with van der Waals surface area (Å²) in [7, 11) is 0. The summed E-state index contributed by atoms with van der Waals surface area (Å²) >= 11 is 6.25. The maximum Gasteiger partial charge on any atom is 0.226 e. The van der Waals surface area contributed by atoms with Crippen molar-refractivity contribution in [1.29, 1.82) is 0 Å². The monoisotopic (exact) mass is 400 g/mol. The third-order valence-electron chi connectivity index (χ3n) is 4.39. The molecule has 3 nitrogen and oxygen atoms in total. The van der Waals surface area contributed by atoms with Crippen LogP contribution in [0.1, 0.15) is 9.60 Å². The predicted octanol–water partition coefficient (Wildman–Crippen LogP) is 6.68. The Morgan fingerprint density at radius 1 is 0.621 bits per heavy atom. The van der Waals surface area contributed by atoms with Gasteiger partial charge in [0.05, 0.1) is 9.60 Å². The van der Waals surface area contributed by atoms with E-state index in [0.29, 0.717) is 22.5 Å². The Morgan fingerprint density at radius 3 is 2.17 bits per heavy atom. The highest BCUT2D eigenvalue weighted by Crippen LogP contribution is 2.35. The summed E-state index contributed by atoms with van der Waals surface area (Å²) < 4.78 is 58.5. The third kappa shape index (κ3) is 3.37. The predicted molar refractivity (Wildman–Crippen MR) is 119 cm³/mol. The zero-order valence-electron chi connectivity index (χ0n) is 21.9. The standard InChI is InChI=1S/C25H16ClN3/c26-25-28-23(18-10-2-1-3-11-18)27-24(29-25)22-15-7-6-14-21(22)20-16-8-12-17-9-4-5-13-19(17)20/h1-16H/i4D,5D,8D,9D,12D,13D,16D. The minimum atomic E-state index is -0.505. The van der Waals surface area contributed by atoms with Crippen molar-refractivity contribution in [2.24, 2.45) is 0 Å². The van der Waals surface area contributed by atoms with Crippen LogP contribution in [0.2, 0.25) is 5.28 Å². The molecular formula is C25H16ClN3. The summed E-state index contributed by atoms with van der Waals surface area (Å²) in [6.45, 7) is 0. The van der Waals surface area contributed by atoms with Crippen LogP contribution < -0.4 is 0 Å². The Balaban J connectivity index is 1.88. The largest absolute Gasteiger partial charge is 0.226 e. The van der Waals surface area contributed by atoms with E-state index in [1.807, 2.05) is 30.3 Å². The van der Waals surface area contributed by atoms with Gasteiger partial charge in [-0.3, -0.25) is 0 Å². The van der Waals surface area contributed by atoms with Crippen molar-refractivity contribution >= 4 is 22.4 Å². The highest BCUT2D eigenvalue weighted by molar-refractivity contribution is 6.28. The third-order valence-corrected chi connectivity index (χ3v) is 4.56. The van der Waals surface area contributed by atoms with Crippen LogP contribution in [0, 0.1) is 0 Å². The summed E-state index contributed by atoms with van der Waals surface area (Å²) in [5.41, 5.74) is 1.60. The van der Waals surface area contributed by atoms with E-state index in [1.54, 1.807) is 24.3 Å². The Morgan fingerprint density at radius 2 is 1.31 bits per heavy atom. The van der Waals surface area contributed by atoms with Crippen LogP contribution in [-0.2, 0) is 0 Å². The molecule has 0 saturated carbocycles. The number of halogens is 1. The molecule has 0 saturated heterocycles. The van der Waals surface area contributed by atoms with E-state index in [9.17, 15) is 0 Å². The molecular weight excluding hydrogens is 378 g/mol. The topological polar surface area (TPSA) is 38.7 Å². The molecule has 4 heteroatoms. The first-order valence-corrected chi connectivity index (χ1v) is 9.15. The molecule has 5 rings (SSSR count). The number of aromatic nitrogens is 3. The summed E-state index contributed by atoms with van der Waals surface area (Å²) in [6.07, 6.45) is 0. The second kappa shape index (κ2) is 7.46. The van der Waals surface area contributed by atoms with Gasteiger partial charge in [-0.05, 0) is 33.5 Å². The molecule has 0 spiro atoms. The molecule has 0 fully saturated rings. The van der Waals surface area contributed by atoms with Crippen LogP contribution in [0.4, 0.5) is 0 Å². The summed E-state index contributed by atoms with van der Waals surface area (Å²) in [4.78, 5) is 13.1. The van der Waals surface area contributed by atoms with E-state index >= 15 is 0 Å². The van der Waals surface area contributed by atoms with Crippen LogP contribution in [0.15, 0.2) is 96.9 Å². The maximum absolute atomic E-state index is 8.69. The van der Waals surface area contributed by atoms with Crippen molar-refractivity contribution < 1.29 is 9.60 Å². The number of benzene rings is 4. The van der Waals surface area contributed by atoms with Crippen molar-refractivity contribution in [1.82, 2.24) is 15.0 Å². The Bertz CT molecular complexity index is 1670. The normalized spacial score (nSPS) is 14.3. The molecule has 0 unspecified atom stereocenters. The minimum absolute atomic E-state index is 0.0112. The number of fused-ring (bicyclic) bond motifs is 1. The second-order valence-electron chi connectivity index (χ2n) is 6.16. The first-order valence-electron chi connectivity index (χ1n) is 12.3. The average molecular weight is 401 g/mol. The lowest BCUT2D eigenvalue weighted by atomic mass is 9.94. The molecule has 0 aliphatic rings. The van der Waals surface area contributed by atoms with Crippen LogP contribution in [-0.4, -0.2) is 15.0 Å². The molecule has 1 aromatic heterocycles. The second-order valence-corrected chi connectivity index (χ2v) is 6.50.